The molecule has 1 fully saturated rings. The quantitative estimate of drug-likeness (QED) is 0.259. The van der Waals surface area contributed by atoms with Crippen molar-refractivity contribution in [3.63, 3.8) is 0 Å². The summed E-state index contributed by atoms with van der Waals surface area (Å²) in [6, 6.07) is 0.829. The molecule has 14 nitrogen and oxygen atoms in total. The highest BCUT2D eigenvalue weighted by molar-refractivity contribution is 7.90. The maximum Gasteiger partial charge on any atom is 0.419 e. The number of methoxy groups -OCH3 is 2. The summed E-state index contributed by atoms with van der Waals surface area (Å²) < 4.78 is 75.7. The first-order chi connectivity index (χ1) is 22.4. The van der Waals surface area contributed by atoms with Gasteiger partial charge in [-0.05, 0) is 31.7 Å². The molecule has 0 saturated heterocycles. The van der Waals surface area contributed by atoms with E-state index in [-0.39, 0.29) is 47.0 Å². The summed E-state index contributed by atoms with van der Waals surface area (Å²) in [6.45, 7) is -0.175. The van der Waals surface area contributed by atoms with E-state index in [1.807, 2.05) is 0 Å². The predicted molar refractivity (Wildman–Crippen MR) is 162 cm³/mol. The normalized spacial score (nSPS) is 16.8. The number of carbonyl (C=O) groups excluding carboxylic acids is 1. The number of ether oxygens (including phenoxy) is 2. The molecule has 4 aromatic rings. The molecule has 1 amide bonds. The number of anilines is 2. The van der Waals surface area contributed by atoms with E-state index in [4.69, 9.17) is 9.47 Å². The lowest BCUT2D eigenvalue weighted by atomic mass is 9.90. The second kappa shape index (κ2) is 13.9. The third kappa shape index (κ3) is 7.94. The molecule has 0 radical (unpaired) electrons. The molecular formula is C29H30F3N9O5S. The Labute approximate surface area is 267 Å². The molecule has 47 heavy (non-hydrogen) atoms. The minimum absolute atomic E-state index is 0.0579. The Morgan fingerprint density at radius 2 is 1.66 bits per heavy atom. The van der Waals surface area contributed by atoms with Crippen LogP contribution < -0.4 is 15.0 Å². The van der Waals surface area contributed by atoms with Gasteiger partial charge in [-0.3, -0.25) is 19.7 Å². The Morgan fingerprint density at radius 3 is 2.26 bits per heavy atom. The van der Waals surface area contributed by atoms with Crippen LogP contribution in [0.5, 0.6) is 6.01 Å². The lowest BCUT2D eigenvalue weighted by Gasteiger charge is -2.36. The van der Waals surface area contributed by atoms with Gasteiger partial charge in [0.15, 0.2) is 15.7 Å². The summed E-state index contributed by atoms with van der Waals surface area (Å²) in [5.74, 6) is -0.0285. The summed E-state index contributed by atoms with van der Waals surface area (Å²) in [5.41, 5.74) is -0.634. The molecule has 0 aliphatic heterocycles. The average molecular weight is 674 g/mol. The minimum atomic E-state index is -4.80. The number of hydrogen-bond acceptors (Lipinski definition) is 13. The number of hydrogen-bond donors (Lipinski definition) is 1. The fourth-order valence-corrected chi connectivity index (χ4v) is 5.74. The molecule has 0 bridgehead atoms. The Bertz CT molecular complexity index is 1820. The molecular weight excluding hydrogens is 643 g/mol. The monoisotopic (exact) mass is 673 g/mol. The van der Waals surface area contributed by atoms with Gasteiger partial charge in [-0.1, -0.05) is 0 Å². The van der Waals surface area contributed by atoms with Crippen molar-refractivity contribution in [1.82, 2.24) is 34.9 Å². The molecule has 0 aromatic carbocycles. The number of rotatable bonds is 10. The van der Waals surface area contributed by atoms with Crippen LogP contribution in [0.15, 0.2) is 54.3 Å². The SMILES string of the molecule is COCC(=O)N(c1cnc(-c2cnc(OC)nc2)cn1)C1CCC(Nc2ncc(C(F)(F)F)c(-c3cncc(S(C)(=O)=O)c3)n2)CC1. The number of carbonyl (C=O) groups is 1. The molecule has 4 aromatic heterocycles. The van der Waals surface area contributed by atoms with Crippen molar-refractivity contribution in [2.24, 2.45) is 0 Å². The maximum atomic E-state index is 13.9. The smallest absolute Gasteiger partial charge is 0.419 e. The van der Waals surface area contributed by atoms with Crippen LogP contribution in [0.1, 0.15) is 31.2 Å². The number of alkyl halides is 3. The highest BCUT2D eigenvalue weighted by Crippen LogP contribution is 2.37. The van der Waals surface area contributed by atoms with E-state index in [0.717, 1.165) is 24.7 Å². The molecule has 1 saturated carbocycles. The molecule has 4 heterocycles. The Kier molecular flexibility index (Phi) is 9.90. The minimum Gasteiger partial charge on any atom is -0.467 e. The number of halogens is 3. The van der Waals surface area contributed by atoms with Crippen LogP contribution in [0.2, 0.25) is 0 Å². The van der Waals surface area contributed by atoms with Crippen molar-refractivity contribution in [3.8, 4) is 28.5 Å². The standard InChI is InChI=1S/C29H30F3N9O5S/c1-45-16-25(42)41(24-15-34-23(14-35-24)18-10-37-28(46-2)38-11-18)20-6-4-19(5-7-20)39-27-36-13-22(29(30,31)32)26(40-27)17-8-21(12-33-9-17)47(3,43)44/h8-15,19-20H,4-7,16H2,1-3H3,(H,36,39,40). The summed E-state index contributed by atoms with van der Waals surface area (Å²) >= 11 is 0. The molecule has 1 aliphatic carbocycles. The van der Waals surface area contributed by atoms with E-state index in [9.17, 15) is 26.4 Å². The molecule has 0 unspecified atom stereocenters. The second-order valence-electron chi connectivity index (χ2n) is 10.7. The summed E-state index contributed by atoms with van der Waals surface area (Å²) in [7, 11) is -0.854. The van der Waals surface area contributed by atoms with Crippen molar-refractivity contribution in [1.29, 1.82) is 0 Å². The first kappa shape index (κ1) is 33.5. The van der Waals surface area contributed by atoms with Gasteiger partial charge >= 0.3 is 12.2 Å². The van der Waals surface area contributed by atoms with E-state index in [2.05, 4.69) is 40.2 Å². The molecule has 18 heteroatoms. The van der Waals surface area contributed by atoms with Crippen LogP contribution in [0.25, 0.3) is 22.5 Å². The average Bonchev–Trinajstić information content (AvgIpc) is 3.05. The highest BCUT2D eigenvalue weighted by Gasteiger charge is 2.36. The summed E-state index contributed by atoms with van der Waals surface area (Å²) in [4.78, 5) is 43.4. The summed E-state index contributed by atoms with van der Waals surface area (Å²) in [5, 5.41) is 3.10. The zero-order chi connectivity index (χ0) is 33.8. The molecule has 5 rings (SSSR count). The van der Waals surface area contributed by atoms with E-state index in [0.29, 0.717) is 49.0 Å². The zero-order valence-electron chi connectivity index (χ0n) is 25.5. The van der Waals surface area contributed by atoms with Gasteiger partial charge in [0.05, 0.1) is 35.8 Å². The lowest BCUT2D eigenvalue weighted by Crippen LogP contribution is -2.46. The molecule has 0 atom stereocenters. The molecule has 1 aliphatic rings. The van der Waals surface area contributed by atoms with Gasteiger partial charge in [0, 0.05) is 67.6 Å². The predicted octanol–water partition coefficient (Wildman–Crippen LogP) is 3.62. The number of nitrogens with one attached hydrogen (secondary N) is 1. The first-order valence-corrected chi connectivity index (χ1v) is 16.1. The van der Waals surface area contributed by atoms with Crippen LogP contribution in [-0.2, 0) is 25.5 Å². The third-order valence-electron chi connectivity index (χ3n) is 7.43. The number of pyridine rings is 1. The number of aromatic nitrogens is 7. The Morgan fingerprint density at radius 1 is 0.936 bits per heavy atom. The van der Waals surface area contributed by atoms with Gasteiger partial charge < -0.3 is 14.8 Å². The highest BCUT2D eigenvalue weighted by atomic mass is 32.2. The van der Waals surface area contributed by atoms with Crippen LogP contribution in [0.4, 0.5) is 24.9 Å². The van der Waals surface area contributed by atoms with Gasteiger partial charge in [-0.15, -0.1) is 0 Å². The van der Waals surface area contributed by atoms with E-state index in [1.54, 1.807) is 17.3 Å². The third-order valence-corrected chi connectivity index (χ3v) is 8.51. The van der Waals surface area contributed by atoms with Crippen molar-refractivity contribution >= 4 is 27.5 Å². The van der Waals surface area contributed by atoms with Crippen LogP contribution >= 0.6 is 0 Å². The van der Waals surface area contributed by atoms with Crippen LogP contribution in [-0.4, -0.2) is 88.4 Å². The van der Waals surface area contributed by atoms with Crippen LogP contribution in [0, 0.1) is 0 Å². The lowest BCUT2D eigenvalue weighted by molar-refractivity contribution is -0.137. The molecule has 248 valence electrons. The van der Waals surface area contributed by atoms with Crippen molar-refractivity contribution in [2.45, 2.75) is 48.8 Å². The first-order valence-electron chi connectivity index (χ1n) is 14.2. The summed E-state index contributed by atoms with van der Waals surface area (Å²) in [6.07, 6.45) is 7.18. The van der Waals surface area contributed by atoms with E-state index >= 15 is 0 Å². The van der Waals surface area contributed by atoms with E-state index < -0.39 is 27.3 Å². The van der Waals surface area contributed by atoms with Gasteiger partial charge in [0.1, 0.15) is 12.2 Å². The van der Waals surface area contributed by atoms with E-state index in [1.165, 1.54) is 26.6 Å². The van der Waals surface area contributed by atoms with Gasteiger partial charge in [-0.25, -0.2) is 33.3 Å². The molecule has 0 spiro atoms. The Balaban J connectivity index is 1.32. The maximum absolute atomic E-state index is 13.9. The fraction of sp³-hybridized carbons (Fsp3) is 0.379. The Hall–Kier alpha value is -4.84. The number of sulfone groups is 1. The second-order valence-corrected chi connectivity index (χ2v) is 12.7. The fourth-order valence-electron chi connectivity index (χ4n) is 5.15. The number of nitrogens with zero attached hydrogens (tertiary/aromatic N) is 8. The van der Waals surface area contributed by atoms with Gasteiger partial charge in [-0.2, -0.15) is 13.2 Å². The number of amides is 1. The molecule has 1 N–H and O–H groups in total. The zero-order valence-corrected chi connectivity index (χ0v) is 26.3. The topological polar surface area (TPSA) is 175 Å². The van der Waals surface area contributed by atoms with Crippen LogP contribution in [0.3, 0.4) is 0 Å². The van der Waals surface area contributed by atoms with Crippen molar-refractivity contribution in [3.05, 3.63) is 55.0 Å². The largest absolute Gasteiger partial charge is 0.467 e. The van der Waals surface area contributed by atoms with Gasteiger partial charge in [0.2, 0.25) is 5.95 Å². The van der Waals surface area contributed by atoms with Crippen molar-refractivity contribution in [2.75, 3.05) is 37.3 Å². The van der Waals surface area contributed by atoms with Crippen molar-refractivity contribution < 1.29 is 35.9 Å². The van der Waals surface area contributed by atoms with Gasteiger partial charge in [0.25, 0.3) is 5.91 Å².